The molecule has 8 saturated carbocycles. The summed E-state index contributed by atoms with van der Waals surface area (Å²) in [5.74, 6) is 4.93. The molecule has 0 aliphatic heterocycles. The van der Waals surface area contributed by atoms with Crippen molar-refractivity contribution in [3.63, 3.8) is 0 Å². The van der Waals surface area contributed by atoms with Crippen LogP contribution < -0.4 is 26.3 Å². The van der Waals surface area contributed by atoms with Gasteiger partial charge in [-0.25, -0.2) is 0 Å². The summed E-state index contributed by atoms with van der Waals surface area (Å²) in [6, 6.07) is 45.8. The standard InChI is InChI=1S/C45H51ClN2P2/c46-43(49(39-13-5-1-6-14-39,40-15-7-2-8-16-40)47-44-27-33-21-34(28-44)23-35(22-33)29-44)50(41-17-9-3-10-18-41,42-19-11-4-12-20-42)48-45-30-36-24-37(31-45)26-38(25-36)32-45/h1-20,33-38,47H,21-32H2. The molecule has 8 aliphatic carbocycles. The molecule has 8 fully saturated rings. The van der Waals surface area contributed by atoms with Gasteiger partial charge in [0.2, 0.25) is 0 Å². The van der Waals surface area contributed by atoms with E-state index < -0.39 is 14.1 Å². The summed E-state index contributed by atoms with van der Waals surface area (Å²) >= 11 is 8.80. The lowest BCUT2D eigenvalue weighted by molar-refractivity contribution is -0.00752. The monoisotopic (exact) mass is 716 g/mol. The van der Waals surface area contributed by atoms with Crippen LogP contribution in [0.4, 0.5) is 0 Å². The number of halogens is 1. The minimum atomic E-state index is -2.71. The second-order valence-electron chi connectivity index (χ2n) is 17.5. The van der Waals surface area contributed by atoms with Crippen LogP contribution >= 0.6 is 25.7 Å². The Hall–Kier alpha value is -2.34. The van der Waals surface area contributed by atoms with Crippen molar-refractivity contribution in [2.45, 2.75) is 88.1 Å². The van der Waals surface area contributed by atoms with E-state index >= 15 is 0 Å². The van der Waals surface area contributed by atoms with Crippen LogP contribution in [0.1, 0.15) is 77.0 Å². The predicted molar refractivity (Wildman–Crippen MR) is 216 cm³/mol. The highest BCUT2D eigenvalue weighted by molar-refractivity contribution is 8.13. The smallest absolute Gasteiger partial charge is 0.0848 e. The Morgan fingerprint density at radius 3 is 1.16 bits per heavy atom. The molecule has 0 radical (unpaired) electrons. The molecule has 0 amide bonds. The molecule has 0 aromatic heterocycles. The first kappa shape index (κ1) is 32.3. The van der Waals surface area contributed by atoms with Crippen LogP contribution in [0.25, 0.3) is 0 Å². The zero-order valence-electron chi connectivity index (χ0n) is 29.2. The molecule has 1 N–H and O–H groups in total. The molecule has 258 valence electrons. The Kier molecular flexibility index (Phi) is 8.00. The molecule has 12 rings (SSSR count). The van der Waals surface area contributed by atoms with Crippen molar-refractivity contribution in [2.75, 3.05) is 0 Å². The van der Waals surface area contributed by atoms with Gasteiger partial charge in [0.25, 0.3) is 0 Å². The lowest BCUT2D eigenvalue weighted by atomic mass is 9.53. The van der Waals surface area contributed by atoms with Gasteiger partial charge in [-0.3, -0.25) is 9.83 Å². The van der Waals surface area contributed by atoms with Crippen LogP contribution in [0.2, 0.25) is 0 Å². The fourth-order valence-corrected chi connectivity index (χ4v) is 24.2. The molecule has 0 heterocycles. The first-order valence-electron chi connectivity index (χ1n) is 19.5. The molecule has 0 spiro atoms. The van der Waals surface area contributed by atoms with E-state index in [2.05, 4.69) is 121 Å². The summed E-state index contributed by atoms with van der Waals surface area (Å²) in [6.45, 7) is 0. The maximum atomic E-state index is 8.80. The molecule has 4 aromatic rings. The van der Waals surface area contributed by atoms with Gasteiger partial charge in [-0.05, 0) is 123 Å². The van der Waals surface area contributed by atoms with Crippen molar-refractivity contribution < 1.29 is 0 Å². The molecule has 0 saturated heterocycles. The lowest BCUT2D eigenvalue weighted by Gasteiger charge is -2.59. The molecule has 8 bridgehead atoms. The summed E-state index contributed by atoms with van der Waals surface area (Å²) in [4.78, 5) is 0. The van der Waals surface area contributed by atoms with E-state index in [0.717, 1.165) is 40.0 Å². The van der Waals surface area contributed by atoms with Gasteiger partial charge in [0, 0.05) is 23.2 Å². The minimum Gasteiger partial charge on any atom is -0.283 e. The molecule has 5 heteroatoms. The Morgan fingerprint density at radius 2 is 0.800 bits per heavy atom. The summed E-state index contributed by atoms with van der Waals surface area (Å²) in [7, 11) is -5.32. The molecule has 8 aliphatic rings. The Balaban J connectivity index is 1.34. The van der Waals surface area contributed by atoms with Crippen molar-refractivity contribution in [3.8, 4) is 0 Å². The highest BCUT2D eigenvalue weighted by Crippen LogP contribution is 2.68. The number of hydrogen-bond donors (Lipinski definition) is 1. The predicted octanol–water partition coefficient (Wildman–Crippen LogP) is 10.3. The van der Waals surface area contributed by atoms with E-state index in [1.165, 1.54) is 98.3 Å². The molecular formula is C45H51ClN2P2. The first-order chi connectivity index (χ1) is 24.5. The SMILES string of the molecule is ClC(P(=NC12CC3CC(CC(C3)C1)C2)(c1ccccc1)c1ccccc1)=P(NC12CC3CC(CC(C3)C1)C2)(c1ccccc1)c1ccccc1. The van der Waals surface area contributed by atoms with Gasteiger partial charge in [0.1, 0.15) is 0 Å². The zero-order chi connectivity index (χ0) is 33.4. The number of hydrogen-bond acceptors (Lipinski definition) is 2. The van der Waals surface area contributed by atoms with Gasteiger partial charge < -0.3 is 0 Å². The molecule has 2 nitrogen and oxygen atoms in total. The molecule has 0 unspecified atom stereocenters. The average molecular weight is 717 g/mol. The second-order valence-corrected chi connectivity index (χ2v) is 24.7. The van der Waals surface area contributed by atoms with E-state index in [1.807, 2.05) is 0 Å². The largest absolute Gasteiger partial charge is 0.283 e. The number of nitrogens with one attached hydrogen (secondary N) is 1. The van der Waals surface area contributed by atoms with Gasteiger partial charge >= 0.3 is 0 Å². The maximum absolute atomic E-state index is 8.80. The second kappa shape index (κ2) is 12.4. The van der Waals surface area contributed by atoms with Crippen molar-refractivity contribution in [1.29, 1.82) is 0 Å². The van der Waals surface area contributed by atoms with E-state index in [9.17, 15) is 0 Å². The normalized spacial score (nSPS) is 33.8. The number of benzene rings is 4. The lowest BCUT2D eigenvalue weighted by Crippen LogP contribution is -2.59. The van der Waals surface area contributed by atoms with Gasteiger partial charge in [0.15, 0.2) is 0 Å². The molecule has 4 aromatic carbocycles. The third-order valence-electron chi connectivity index (χ3n) is 13.9. The fraction of sp³-hybridized carbons (Fsp3) is 0.444. The van der Waals surface area contributed by atoms with Crippen LogP contribution in [0.5, 0.6) is 0 Å². The summed E-state index contributed by atoms with van der Waals surface area (Å²) < 4.78 is 7.68. The minimum absolute atomic E-state index is 0.0158. The highest BCUT2D eigenvalue weighted by atomic mass is 35.5. The van der Waals surface area contributed by atoms with E-state index in [4.69, 9.17) is 21.4 Å². The third kappa shape index (κ3) is 5.25. The molecule has 0 atom stereocenters. The van der Waals surface area contributed by atoms with E-state index in [0.29, 0.717) is 0 Å². The summed E-state index contributed by atoms with van der Waals surface area (Å²) in [5.41, 5.74) is 0.0795. The molecular weight excluding hydrogens is 666 g/mol. The van der Waals surface area contributed by atoms with Crippen LogP contribution in [0.15, 0.2) is 126 Å². The van der Waals surface area contributed by atoms with Crippen molar-refractivity contribution in [2.24, 2.45) is 40.3 Å². The highest BCUT2D eigenvalue weighted by Gasteiger charge is 2.55. The van der Waals surface area contributed by atoms with E-state index in [1.54, 1.807) is 0 Å². The van der Waals surface area contributed by atoms with Crippen LogP contribution in [0.3, 0.4) is 0 Å². The summed E-state index contributed by atoms with van der Waals surface area (Å²) in [5, 5.41) is 10.1. The summed E-state index contributed by atoms with van der Waals surface area (Å²) in [6.07, 6.45) is 16.0. The quantitative estimate of drug-likeness (QED) is 0.180. The van der Waals surface area contributed by atoms with E-state index in [-0.39, 0.29) is 11.1 Å². The van der Waals surface area contributed by atoms with Gasteiger partial charge in [0.05, 0.1) is 17.1 Å². The van der Waals surface area contributed by atoms with Crippen molar-refractivity contribution in [3.05, 3.63) is 121 Å². The van der Waals surface area contributed by atoms with Gasteiger partial charge in [-0.1, -0.05) is 133 Å². The topological polar surface area (TPSA) is 24.4 Å². The Labute approximate surface area is 304 Å². The van der Waals surface area contributed by atoms with Crippen molar-refractivity contribution in [1.82, 2.24) is 5.09 Å². The van der Waals surface area contributed by atoms with Crippen molar-refractivity contribution >= 4 is 51.4 Å². The average Bonchev–Trinajstić information content (AvgIpc) is 3.13. The van der Waals surface area contributed by atoms with Gasteiger partial charge in [-0.15, -0.1) is 0 Å². The Morgan fingerprint density at radius 1 is 0.480 bits per heavy atom. The van der Waals surface area contributed by atoms with Gasteiger partial charge in [-0.2, -0.15) is 0 Å². The fourth-order valence-electron chi connectivity index (χ4n) is 13.0. The maximum Gasteiger partial charge on any atom is 0.0848 e. The Bertz CT molecular complexity index is 1820. The third-order valence-corrected chi connectivity index (χ3v) is 24.0. The zero-order valence-corrected chi connectivity index (χ0v) is 31.8. The first-order valence-corrected chi connectivity index (χ1v) is 23.4. The van der Waals surface area contributed by atoms with Crippen LogP contribution in [-0.4, -0.2) is 15.6 Å². The van der Waals surface area contributed by atoms with Crippen LogP contribution in [0, 0.1) is 35.5 Å². The van der Waals surface area contributed by atoms with Crippen LogP contribution in [-0.2, 0) is 0 Å². The number of nitrogens with zero attached hydrogens (tertiary/aromatic N) is 1. The number of rotatable bonds is 8. The molecule has 50 heavy (non-hydrogen) atoms.